The molecule has 0 spiro atoms. The normalized spacial score (nSPS) is 18.2. The minimum absolute atomic E-state index is 0.422. The molecule has 0 aliphatic heterocycles. The van der Waals surface area contributed by atoms with Crippen LogP contribution in [0.5, 0.6) is 5.75 Å². The smallest absolute Gasteiger partial charge is 0.124 e. The average Bonchev–Trinajstić information content (AvgIpc) is 2.78. The Balaban J connectivity index is 2.25. The lowest BCUT2D eigenvalue weighted by Crippen LogP contribution is -2.29. The van der Waals surface area contributed by atoms with Crippen LogP contribution in [0.4, 0.5) is 0 Å². The van der Waals surface area contributed by atoms with Gasteiger partial charge in [-0.25, -0.2) is 0 Å². The van der Waals surface area contributed by atoms with E-state index in [4.69, 9.17) is 4.74 Å². The van der Waals surface area contributed by atoms with Crippen molar-refractivity contribution in [3.05, 3.63) is 28.2 Å². The zero-order chi connectivity index (χ0) is 15.1. The van der Waals surface area contributed by atoms with Crippen molar-refractivity contribution in [1.82, 2.24) is 5.32 Å². The molecule has 0 heterocycles. The van der Waals surface area contributed by atoms with E-state index in [1.807, 2.05) is 0 Å². The van der Waals surface area contributed by atoms with Crippen LogP contribution in [-0.2, 0) is 0 Å². The molecule has 0 radical (unpaired) electrons. The van der Waals surface area contributed by atoms with Crippen molar-refractivity contribution in [2.24, 2.45) is 5.92 Å². The molecule has 3 heteroatoms. The summed E-state index contributed by atoms with van der Waals surface area (Å²) in [7, 11) is 1.77. The lowest BCUT2D eigenvalue weighted by Gasteiger charge is -2.29. The number of halogens is 1. The van der Waals surface area contributed by atoms with E-state index in [9.17, 15) is 0 Å². The molecule has 0 aromatic heterocycles. The van der Waals surface area contributed by atoms with Crippen molar-refractivity contribution in [2.45, 2.75) is 57.9 Å². The van der Waals surface area contributed by atoms with Gasteiger partial charge in [0.15, 0.2) is 0 Å². The molecule has 118 valence electrons. The summed E-state index contributed by atoms with van der Waals surface area (Å²) in [5, 5.41) is 3.78. The van der Waals surface area contributed by atoms with Crippen LogP contribution in [0.3, 0.4) is 0 Å². The summed E-state index contributed by atoms with van der Waals surface area (Å²) in [5.41, 5.74) is 1.32. The Kier molecular flexibility index (Phi) is 7.05. The van der Waals surface area contributed by atoms with Gasteiger partial charge in [-0.1, -0.05) is 54.6 Å². The topological polar surface area (TPSA) is 21.3 Å². The Bertz CT molecular complexity index is 427. The van der Waals surface area contributed by atoms with Gasteiger partial charge < -0.3 is 10.1 Å². The monoisotopic (exact) mass is 353 g/mol. The second-order valence-electron chi connectivity index (χ2n) is 6.07. The Hall–Kier alpha value is -0.540. The molecule has 0 saturated heterocycles. The third-order valence-electron chi connectivity index (χ3n) is 4.52. The number of rotatable bonds is 6. The highest BCUT2D eigenvalue weighted by Crippen LogP contribution is 2.38. The van der Waals surface area contributed by atoms with E-state index >= 15 is 0 Å². The van der Waals surface area contributed by atoms with Gasteiger partial charge in [-0.3, -0.25) is 0 Å². The number of ether oxygens (including phenoxy) is 1. The summed E-state index contributed by atoms with van der Waals surface area (Å²) in [6.45, 7) is 3.30. The first-order valence-electron chi connectivity index (χ1n) is 8.33. The van der Waals surface area contributed by atoms with E-state index in [1.165, 1.54) is 50.5 Å². The largest absolute Gasteiger partial charge is 0.496 e. The highest BCUT2D eigenvalue weighted by molar-refractivity contribution is 9.10. The van der Waals surface area contributed by atoms with Crippen LogP contribution in [0.1, 0.15) is 63.5 Å². The van der Waals surface area contributed by atoms with Gasteiger partial charge in [-0.05, 0) is 43.9 Å². The second kappa shape index (κ2) is 8.79. The number of hydrogen-bond donors (Lipinski definition) is 1. The third-order valence-corrected chi connectivity index (χ3v) is 5.01. The lowest BCUT2D eigenvalue weighted by molar-refractivity contribution is 0.313. The molecule has 1 saturated carbocycles. The first-order chi connectivity index (χ1) is 10.3. The van der Waals surface area contributed by atoms with Crippen LogP contribution in [0.2, 0.25) is 0 Å². The highest BCUT2D eigenvalue weighted by atomic mass is 79.9. The summed E-state index contributed by atoms with van der Waals surface area (Å²) < 4.78 is 6.72. The van der Waals surface area contributed by atoms with Crippen LogP contribution in [-0.4, -0.2) is 13.7 Å². The standard InChI is InChI=1S/C18H28BrNO/c1-3-12-20-18(14-8-6-4-5-7-9-14)16-11-10-15(19)13-17(16)21-2/h10-11,13-14,18,20H,3-9,12H2,1-2H3. The van der Waals surface area contributed by atoms with Gasteiger partial charge in [0.1, 0.15) is 5.75 Å². The fraction of sp³-hybridized carbons (Fsp3) is 0.667. The summed E-state index contributed by atoms with van der Waals surface area (Å²) in [6, 6.07) is 6.87. The molecular formula is C18H28BrNO. The van der Waals surface area contributed by atoms with Crippen molar-refractivity contribution < 1.29 is 4.74 Å². The molecule has 1 N–H and O–H groups in total. The third kappa shape index (κ3) is 4.72. The van der Waals surface area contributed by atoms with Crippen molar-refractivity contribution in [3.8, 4) is 5.75 Å². The van der Waals surface area contributed by atoms with Gasteiger partial charge in [0.05, 0.1) is 7.11 Å². The first kappa shape index (κ1) is 16.8. The maximum atomic E-state index is 5.64. The molecule has 0 bridgehead atoms. The molecular weight excluding hydrogens is 326 g/mol. The van der Waals surface area contributed by atoms with E-state index in [1.54, 1.807) is 7.11 Å². The number of benzene rings is 1. The molecule has 21 heavy (non-hydrogen) atoms. The van der Waals surface area contributed by atoms with Crippen LogP contribution in [0.25, 0.3) is 0 Å². The lowest BCUT2D eigenvalue weighted by atomic mass is 9.86. The molecule has 1 aromatic rings. The summed E-state index contributed by atoms with van der Waals surface area (Å²) in [5.74, 6) is 1.73. The van der Waals surface area contributed by atoms with Gasteiger partial charge >= 0.3 is 0 Å². The summed E-state index contributed by atoms with van der Waals surface area (Å²) in [6.07, 6.45) is 9.37. The van der Waals surface area contributed by atoms with Crippen molar-refractivity contribution in [3.63, 3.8) is 0 Å². The molecule has 1 atom stereocenters. The Morgan fingerprint density at radius 1 is 1.24 bits per heavy atom. The van der Waals surface area contributed by atoms with E-state index in [0.717, 1.165) is 22.7 Å². The SMILES string of the molecule is CCCNC(c1ccc(Br)cc1OC)C1CCCCCC1. The number of hydrogen-bond acceptors (Lipinski definition) is 2. The zero-order valence-corrected chi connectivity index (χ0v) is 14.9. The second-order valence-corrected chi connectivity index (χ2v) is 6.99. The molecule has 0 amide bonds. The Morgan fingerprint density at radius 2 is 1.95 bits per heavy atom. The first-order valence-corrected chi connectivity index (χ1v) is 9.12. The van der Waals surface area contributed by atoms with Gasteiger partial charge in [-0.15, -0.1) is 0 Å². The van der Waals surface area contributed by atoms with Gasteiger partial charge in [-0.2, -0.15) is 0 Å². The molecule has 1 fully saturated rings. The number of nitrogens with one attached hydrogen (secondary N) is 1. The zero-order valence-electron chi connectivity index (χ0n) is 13.3. The Labute approximate surface area is 137 Å². The van der Waals surface area contributed by atoms with E-state index < -0.39 is 0 Å². The fourth-order valence-electron chi connectivity index (χ4n) is 3.42. The minimum atomic E-state index is 0.422. The van der Waals surface area contributed by atoms with Crippen LogP contribution in [0, 0.1) is 5.92 Å². The van der Waals surface area contributed by atoms with Crippen LogP contribution >= 0.6 is 15.9 Å². The number of methoxy groups -OCH3 is 1. The molecule has 1 aliphatic rings. The molecule has 1 aliphatic carbocycles. The minimum Gasteiger partial charge on any atom is -0.496 e. The summed E-state index contributed by atoms with van der Waals surface area (Å²) >= 11 is 3.55. The molecule has 2 rings (SSSR count). The highest BCUT2D eigenvalue weighted by Gasteiger charge is 2.26. The predicted octanol–water partition coefficient (Wildman–Crippen LogP) is 5.47. The van der Waals surface area contributed by atoms with Gasteiger partial charge in [0.25, 0.3) is 0 Å². The van der Waals surface area contributed by atoms with E-state index in [-0.39, 0.29) is 0 Å². The van der Waals surface area contributed by atoms with Crippen LogP contribution < -0.4 is 10.1 Å². The summed E-state index contributed by atoms with van der Waals surface area (Å²) in [4.78, 5) is 0. The van der Waals surface area contributed by atoms with Gasteiger partial charge in [0.2, 0.25) is 0 Å². The van der Waals surface area contributed by atoms with Crippen molar-refractivity contribution in [2.75, 3.05) is 13.7 Å². The van der Waals surface area contributed by atoms with E-state index in [2.05, 4.69) is 46.4 Å². The fourth-order valence-corrected chi connectivity index (χ4v) is 3.76. The van der Waals surface area contributed by atoms with Crippen LogP contribution in [0.15, 0.2) is 22.7 Å². The molecule has 1 unspecified atom stereocenters. The predicted molar refractivity (Wildman–Crippen MR) is 92.9 cm³/mol. The quantitative estimate of drug-likeness (QED) is 0.684. The maximum Gasteiger partial charge on any atom is 0.124 e. The van der Waals surface area contributed by atoms with Crippen molar-refractivity contribution in [1.29, 1.82) is 0 Å². The molecule has 2 nitrogen and oxygen atoms in total. The maximum absolute atomic E-state index is 5.64. The van der Waals surface area contributed by atoms with Gasteiger partial charge in [0, 0.05) is 16.1 Å². The Morgan fingerprint density at radius 3 is 2.57 bits per heavy atom. The van der Waals surface area contributed by atoms with Crippen molar-refractivity contribution >= 4 is 15.9 Å². The molecule has 1 aromatic carbocycles. The average molecular weight is 354 g/mol. The van der Waals surface area contributed by atoms with E-state index in [0.29, 0.717) is 6.04 Å².